The Labute approximate surface area is 75.4 Å². The minimum atomic E-state index is -2.63. The third kappa shape index (κ3) is 2.34. The maximum atomic E-state index is 12.4. The Morgan fingerprint density at radius 2 is 1.77 bits per heavy atom. The smallest absolute Gasteiger partial charge is 0.252 e. The van der Waals surface area contributed by atoms with Gasteiger partial charge in [0.15, 0.2) is 0 Å². The summed E-state index contributed by atoms with van der Waals surface area (Å²) in [7, 11) is 0. The fraction of sp³-hybridized carbons (Fsp3) is 0.300. The lowest BCUT2D eigenvalue weighted by atomic mass is 9.96. The van der Waals surface area contributed by atoms with Gasteiger partial charge in [-0.1, -0.05) is 30.3 Å². The molecule has 1 unspecified atom stereocenters. The topological polar surface area (TPSA) is 17.1 Å². The van der Waals surface area contributed by atoms with Crippen LogP contribution in [0.15, 0.2) is 30.3 Å². The van der Waals surface area contributed by atoms with Crippen molar-refractivity contribution in [2.24, 2.45) is 0 Å². The van der Waals surface area contributed by atoms with E-state index in [0.717, 1.165) is 0 Å². The molecular weight excluding hydrogens is 174 g/mol. The fourth-order valence-corrected chi connectivity index (χ4v) is 1.22. The third-order valence-electron chi connectivity index (χ3n) is 1.85. The molecule has 0 fully saturated rings. The lowest BCUT2D eigenvalue weighted by Gasteiger charge is -2.12. The molecule has 0 aliphatic heterocycles. The molecule has 1 aromatic rings. The van der Waals surface area contributed by atoms with Gasteiger partial charge in [-0.2, -0.15) is 0 Å². The quantitative estimate of drug-likeness (QED) is 0.705. The van der Waals surface area contributed by atoms with Crippen molar-refractivity contribution >= 4 is 5.78 Å². The summed E-state index contributed by atoms with van der Waals surface area (Å²) in [5.74, 6) is -1.78. The molecule has 1 rings (SSSR count). The minimum Gasteiger partial charge on any atom is -0.299 e. The second-order valence-corrected chi connectivity index (χ2v) is 2.83. The van der Waals surface area contributed by atoms with Gasteiger partial charge < -0.3 is 0 Å². The summed E-state index contributed by atoms with van der Waals surface area (Å²) >= 11 is 0. The van der Waals surface area contributed by atoms with Gasteiger partial charge in [-0.25, -0.2) is 8.78 Å². The van der Waals surface area contributed by atoms with Crippen molar-refractivity contribution in [1.29, 1.82) is 0 Å². The Morgan fingerprint density at radius 3 is 2.15 bits per heavy atom. The molecule has 1 atom stereocenters. The van der Waals surface area contributed by atoms with Crippen LogP contribution in [0.3, 0.4) is 0 Å². The zero-order valence-corrected chi connectivity index (χ0v) is 7.21. The molecular formula is C10H10F2O. The normalized spacial score (nSPS) is 12.9. The maximum Gasteiger partial charge on any atom is 0.252 e. The first-order valence-electron chi connectivity index (χ1n) is 3.96. The molecule has 0 aliphatic carbocycles. The van der Waals surface area contributed by atoms with Crippen LogP contribution in [0.5, 0.6) is 0 Å². The molecule has 1 aromatic carbocycles. The number of alkyl halides is 2. The van der Waals surface area contributed by atoms with Crippen molar-refractivity contribution < 1.29 is 13.6 Å². The molecule has 0 spiro atoms. The predicted molar refractivity (Wildman–Crippen MR) is 45.9 cm³/mol. The molecule has 0 bridgehead atoms. The zero-order valence-electron chi connectivity index (χ0n) is 7.21. The van der Waals surface area contributed by atoms with Crippen molar-refractivity contribution in [2.45, 2.75) is 19.3 Å². The van der Waals surface area contributed by atoms with Crippen LogP contribution >= 0.6 is 0 Å². The van der Waals surface area contributed by atoms with Crippen LogP contribution in [0.1, 0.15) is 18.4 Å². The molecule has 0 saturated carbocycles. The van der Waals surface area contributed by atoms with Crippen LogP contribution < -0.4 is 0 Å². The van der Waals surface area contributed by atoms with Gasteiger partial charge in [0.2, 0.25) is 0 Å². The minimum absolute atomic E-state index is 0.380. The summed E-state index contributed by atoms with van der Waals surface area (Å²) in [4.78, 5) is 10.9. The van der Waals surface area contributed by atoms with Gasteiger partial charge in [0, 0.05) is 0 Å². The first kappa shape index (κ1) is 9.84. The summed E-state index contributed by atoms with van der Waals surface area (Å²) in [6.45, 7) is 1.18. The van der Waals surface area contributed by atoms with Crippen molar-refractivity contribution in [1.82, 2.24) is 0 Å². The van der Waals surface area contributed by atoms with Gasteiger partial charge in [-0.15, -0.1) is 0 Å². The van der Waals surface area contributed by atoms with E-state index in [9.17, 15) is 13.6 Å². The largest absolute Gasteiger partial charge is 0.299 e. The van der Waals surface area contributed by atoms with Gasteiger partial charge in [-0.3, -0.25) is 4.79 Å². The van der Waals surface area contributed by atoms with E-state index in [1.807, 2.05) is 0 Å². The number of hydrogen-bond donors (Lipinski definition) is 0. The molecule has 13 heavy (non-hydrogen) atoms. The highest BCUT2D eigenvalue weighted by Crippen LogP contribution is 2.23. The lowest BCUT2D eigenvalue weighted by molar-refractivity contribution is -0.121. The van der Waals surface area contributed by atoms with E-state index in [1.54, 1.807) is 18.2 Å². The molecule has 0 amide bonds. The summed E-state index contributed by atoms with van der Waals surface area (Å²) in [6, 6.07) is 8.10. The van der Waals surface area contributed by atoms with Crippen molar-refractivity contribution in [3.05, 3.63) is 35.9 Å². The fourth-order valence-electron chi connectivity index (χ4n) is 1.22. The van der Waals surface area contributed by atoms with Gasteiger partial charge in [0.25, 0.3) is 6.43 Å². The van der Waals surface area contributed by atoms with E-state index in [-0.39, 0.29) is 0 Å². The first-order valence-corrected chi connectivity index (χ1v) is 3.96. The third-order valence-corrected chi connectivity index (χ3v) is 1.85. The van der Waals surface area contributed by atoms with Crippen LogP contribution in [0.4, 0.5) is 8.78 Å². The Hall–Kier alpha value is -1.25. The molecule has 1 nitrogen and oxygen atoms in total. The molecule has 0 aliphatic rings. The number of ketones is 1. The Morgan fingerprint density at radius 1 is 1.23 bits per heavy atom. The van der Waals surface area contributed by atoms with E-state index in [1.165, 1.54) is 19.1 Å². The molecule has 3 heteroatoms. The average Bonchev–Trinajstić information content (AvgIpc) is 2.04. The van der Waals surface area contributed by atoms with Gasteiger partial charge in [-0.05, 0) is 12.5 Å². The number of carbonyl (C=O) groups excluding carboxylic acids is 1. The highest BCUT2D eigenvalue weighted by molar-refractivity contribution is 5.83. The Bertz CT molecular complexity index is 282. The molecule has 0 heterocycles. The summed E-state index contributed by atoms with van der Waals surface area (Å²) in [6.07, 6.45) is -2.63. The maximum absolute atomic E-state index is 12.4. The Balaban J connectivity index is 2.96. The number of hydrogen-bond acceptors (Lipinski definition) is 1. The molecule has 70 valence electrons. The average molecular weight is 184 g/mol. The predicted octanol–water partition coefficient (Wildman–Crippen LogP) is 2.62. The van der Waals surface area contributed by atoms with Crippen LogP contribution in [0.25, 0.3) is 0 Å². The highest BCUT2D eigenvalue weighted by atomic mass is 19.3. The number of carbonyl (C=O) groups is 1. The Kier molecular flexibility index (Phi) is 3.12. The number of benzene rings is 1. The van der Waals surface area contributed by atoms with E-state index < -0.39 is 18.1 Å². The second-order valence-electron chi connectivity index (χ2n) is 2.83. The highest BCUT2D eigenvalue weighted by Gasteiger charge is 2.26. The van der Waals surface area contributed by atoms with Crippen molar-refractivity contribution in [3.63, 3.8) is 0 Å². The van der Waals surface area contributed by atoms with Crippen LogP contribution in [0, 0.1) is 0 Å². The molecule has 0 saturated heterocycles. The number of Topliss-reactive ketones (excluding diaryl/α,β-unsaturated/α-hetero) is 1. The summed E-state index contributed by atoms with van der Waals surface area (Å²) in [5.41, 5.74) is 0.380. The number of halogens is 2. The molecule has 0 N–H and O–H groups in total. The van der Waals surface area contributed by atoms with Gasteiger partial charge in [0.05, 0.1) is 0 Å². The molecule has 0 radical (unpaired) electrons. The van der Waals surface area contributed by atoms with E-state index in [4.69, 9.17) is 0 Å². The van der Waals surface area contributed by atoms with Gasteiger partial charge in [0.1, 0.15) is 11.7 Å². The van der Waals surface area contributed by atoms with Crippen LogP contribution in [-0.4, -0.2) is 12.2 Å². The monoisotopic (exact) mass is 184 g/mol. The first-order chi connectivity index (χ1) is 6.13. The summed E-state index contributed by atoms with van der Waals surface area (Å²) in [5, 5.41) is 0. The van der Waals surface area contributed by atoms with E-state index in [2.05, 4.69) is 0 Å². The molecule has 0 aromatic heterocycles. The SMILES string of the molecule is CC(=O)C(c1ccccc1)C(F)F. The van der Waals surface area contributed by atoms with Crippen LogP contribution in [0.2, 0.25) is 0 Å². The van der Waals surface area contributed by atoms with Crippen LogP contribution in [-0.2, 0) is 4.79 Å². The summed E-state index contributed by atoms with van der Waals surface area (Å²) < 4.78 is 24.8. The van der Waals surface area contributed by atoms with Crippen molar-refractivity contribution in [3.8, 4) is 0 Å². The second kappa shape index (κ2) is 4.12. The lowest BCUT2D eigenvalue weighted by Crippen LogP contribution is -2.17. The van der Waals surface area contributed by atoms with Crippen molar-refractivity contribution in [2.75, 3.05) is 0 Å². The van der Waals surface area contributed by atoms with Gasteiger partial charge >= 0.3 is 0 Å². The van der Waals surface area contributed by atoms with E-state index >= 15 is 0 Å². The zero-order chi connectivity index (χ0) is 9.84. The van der Waals surface area contributed by atoms with E-state index in [0.29, 0.717) is 5.56 Å². The number of rotatable bonds is 3. The standard InChI is InChI=1S/C10H10F2O/c1-7(13)9(10(11)12)8-5-3-2-4-6-8/h2-6,9-10H,1H3.